The molecule has 2 heterocycles. The summed E-state index contributed by atoms with van der Waals surface area (Å²) in [7, 11) is 0. The van der Waals surface area contributed by atoms with Crippen LogP contribution in [0, 0.1) is 5.92 Å². The van der Waals surface area contributed by atoms with Crippen LogP contribution in [0.15, 0.2) is 109 Å². The van der Waals surface area contributed by atoms with Crippen molar-refractivity contribution in [3.8, 4) is 0 Å². The van der Waals surface area contributed by atoms with E-state index in [4.69, 9.17) is 4.99 Å². The van der Waals surface area contributed by atoms with Crippen molar-refractivity contribution in [2.75, 3.05) is 0 Å². The van der Waals surface area contributed by atoms with Crippen LogP contribution in [0.1, 0.15) is 49.8 Å². The highest BCUT2D eigenvalue weighted by Crippen LogP contribution is 2.35. The Balaban J connectivity index is 1.45. The van der Waals surface area contributed by atoms with Gasteiger partial charge in [-0.25, -0.2) is 0 Å². The molecule has 0 amide bonds. The summed E-state index contributed by atoms with van der Waals surface area (Å²) < 4.78 is 2.17. The summed E-state index contributed by atoms with van der Waals surface area (Å²) in [6.07, 6.45) is 14.0. The third-order valence-corrected chi connectivity index (χ3v) is 7.34. The van der Waals surface area contributed by atoms with Crippen LogP contribution in [-0.4, -0.2) is 21.3 Å². The second-order valence-electron chi connectivity index (χ2n) is 9.83. The molecule has 5 rings (SSSR count). The predicted octanol–water partition coefficient (Wildman–Crippen LogP) is 8.22. The van der Waals surface area contributed by atoms with Gasteiger partial charge in [-0.05, 0) is 42.7 Å². The third kappa shape index (κ3) is 4.42. The summed E-state index contributed by atoms with van der Waals surface area (Å²) in [5.74, 6) is 1.39. The molecule has 1 aliphatic carbocycles. The average molecular weight is 474 g/mol. The lowest BCUT2D eigenvalue weighted by atomic mass is 9.87. The fourth-order valence-electron chi connectivity index (χ4n) is 5.31. The Bertz CT molecular complexity index is 1430. The third-order valence-electron chi connectivity index (χ3n) is 7.34. The molecule has 0 fully saturated rings. The van der Waals surface area contributed by atoms with E-state index in [-0.39, 0.29) is 12.0 Å². The van der Waals surface area contributed by atoms with Crippen LogP contribution in [-0.2, 0) is 6.54 Å². The first-order valence-electron chi connectivity index (χ1n) is 12.9. The van der Waals surface area contributed by atoms with Gasteiger partial charge in [0.2, 0.25) is 0 Å². The predicted molar refractivity (Wildman–Crippen MR) is 155 cm³/mol. The molecule has 0 spiro atoms. The van der Waals surface area contributed by atoms with Gasteiger partial charge < -0.3 is 9.47 Å². The van der Waals surface area contributed by atoms with Crippen molar-refractivity contribution in [3.63, 3.8) is 0 Å². The van der Waals surface area contributed by atoms with Crippen molar-refractivity contribution < 1.29 is 0 Å². The summed E-state index contributed by atoms with van der Waals surface area (Å²) >= 11 is 0. The van der Waals surface area contributed by atoms with Crippen LogP contribution in [0.25, 0.3) is 22.7 Å². The van der Waals surface area contributed by atoms with Gasteiger partial charge in [-0.15, -0.1) is 0 Å². The Morgan fingerprint density at radius 1 is 1.14 bits per heavy atom. The van der Waals surface area contributed by atoms with Gasteiger partial charge in [0.25, 0.3) is 0 Å². The molecule has 2 atom stereocenters. The second kappa shape index (κ2) is 10.0. The van der Waals surface area contributed by atoms with Gasteiger partial charge in [-0.3, -0.25) is 4.99 Å². The molecule has 3 nitrogen and oxygen atoms in total. The second-order valence-corrected chi connectivity index (χ2v) is 9.83. The van der Waals surface area contributed by atoms with Gasteiger partial charge in [0.05, 0.1) is 11.6 Å². The number of hydrogen-bond acceptors (Lipinski definition) is 2. The lowest BCUT2D eigenvalue weighted by Gasteiger charge is -2.39. The monoisotopic (exact) mass is 473 g/mol. The molecular weight excluding hydrogens is 438 g/mol. The van der Waals surface area contributed by atoms with Crippen molar-refractivity contribution in [1.82, 2.24) is 9.47 Å². The normalized spacial score (nSPS) is 19.2. The molecule has 0 N–H and O–H groups in total. The highest BCUT2D eigenvalue weighted by atomic mass is 15.2. The number of nitrogens with zero attached hydrogens (tertiary/aromatic N) is 3. The first-order valence-corrected chi connectivity index (χ1v) is 12.9. The summed E-state index contributed by atoms with van der Waals surface area (Å²) in [6, 6.07) is 17.3. The lowest BCUT2D eigenvalue weighted by molar-refractivity contribution is 0.396. The molecule has 3 aromatic rings. The number of aromatic nitrogens is 1. The summed E-state index contributed by atoms with van der Waals surface area (Å²) in [4.78, 5) is 7.53. The number of fused-ring (bicyclic) bond motifs is 2. The zero-order valence-electron chi connectivity index (χ0n) is 21.5. The average Bonchev–Trinajstić information content (AvgIpc) is 3.32. The Kier molecular flexibility index (Phi) is 6.65. The maximum absolute atomic E-state index is 5.17. The maximum atomic E-state index is 5.17. The van der Waals surface area contributed by atoms with Gasteiger partial charge >= 0.3 is 0 Å². The molecule has 2 unspecified atom stereocenters. The molecule has 2 aromatic carbocycles. The fraction of sp³-hybridized carbons (Fsp3) is 0.242. The van der Waals surface area contributed by atoms with E-state index in [0.29, 0.717) is 0 Å². The Morgan fingerprint density at radius 2 is 1.97 bits per heavy atom. The fourth-order valence-corrected chi connectivity index (χ4v) is 5.31. The van der Waals surface area contributed by atoms with E-state index in [9.17, 15) is 0 Å². The number of rotatable bonds is 8. The molecule has 36 heavy (non-hydrogen) atoms. The van der Waals surface area contributed by atoms with E-state index in [1.165, 1.54) is 16.5 Å². The van der Waals surface area contributed by atoms with Crippen LogP contribution in [0.2, 0.25) is 0 Å². The number of hydrogen-bond donors (Lipinski definition) is 0. The molecule has 0 saturated heterocycles. The van der Waals surface area contributed by atoms with Gasteiger partial charge in [0, 0.05) is 47.4 Å². The quantitative estimate of drug-likeness (QED) is 0.323. The van der Waals surface area contributed by atoms with Crippen LogP contribution >= 0.6 is 0 Å². The molecule has 1 aliphatic heterocycles. The summed E-state index contributed by atoms with van der Waals surface area (Å²) in [5, 5.41) is 1.20. The van der Waals surface area contributed by atoms with Gasteiger partial charge in [0.15, 0.2) is 0 Å². The molecule has 0 saturated carbocycles. The highest BCUT2D eigenvalue weighted by Gasteiger charge is 2.32. The van der Waals surface area contributed by atoms with Crippen LogP contribution in [0.4, 0.5) is 0 Å². The molecule has 182 valence electrons. The SMILES string of the molecule is C=Cc1ccccc1C(=C)n1ccc2cc(CN3C(=C)C4C=C(C)C=CC4N=C3CCCC)ccc21. The Hall–Kier alpha value is -3.85. The standard InChI is InChI=1S/C33H35N3/c1-6-8-13-33-34-31-16-14-23(3)20-30(31)25(5)36(33)22-26-15-17-32-28(21-26)18-19-35(32)24(4)29-12-10-9-11-27(29)7-2/h7,9-12,14-21,30-31H,2,4-6,8,13,22H2,1,3H3. The minimum atomic E-state index is 0.172. The molecule has 1 aromatic heterocycles. The van der Waals surface area contributed by atoms with Crippen LogP contribution in [0.3, 0.4) is 0 Å². The van der Waals surface area contributed by atoms with Crippen LogP contribution < -0.4 is 0 Å². The van der Waals surface area contributed by atoms with E-state index in [1.54, 1.807) is 0 Å². The van der Waals surface area contributed by atoms with E-state index in [1.807, 2.05) is 18.2 Å². The Morgan fingerprint density at radius 3 is 2.78 bits per heavy atom. The Labute approximate surface area is 215 Å². The molecule has 3 heteroatoms. The zero-order chi connectivity index (χ0) is 25.2. The number of aliphatic imine (C=N–C) groups is 1. The van der Waals surface area contributed by atoms with E-state index in [2.05, 4.69) is 104 Å². The first-order chi connectivity index (χ1) is 17.5. The van der Waals surface area contributed by atoms with Gasteiger partial charge in [0.1, 0.15) is 5.84 Å². The van der Waals surface area contributed by atoms with Gasteiger partial charge in [-0.1, -0.05) is 93.3 Å². The van der Waals surface area contributed by atoms with Gasteiger partial charge in [-0.2, -0.15) is 0 Å². The minimum absolute atomic E-state index is 0.172. The van der Waals surface area contributed by atoms with Crippen molar-refractivity contribution >= 4 is 28.5 Å². The van der Waals surface area contributed by atoms with E-state index < -0.39 is 0 Å². The maximum Gasteiger partial charge on any atom is 0.104 e. The van der Waals surface area contributed by atoms with Crippen molar-refractivity contribution in [2.24, 2.45) is 10.9 Å². The lowest BCUT2D eigenvalue weighted by Crippen LogP contribution is -2.41. The van der Waals surface area contributed by atoms with Crippen molar-refractivity contribution in [3.05, 3.63) is 121 Å². The van der Waals surface area contributed by atoms with Crippen LogP contribution in [0.5, 0.6) is 0 Å². The minimum Gasteiger partial charge on any atom is -0.329 e. The van der Waals surface area contributed by atoms with E-state index in [0.717, 1.165) is 59.7 Å². The highest BCUT2D eigenvalue weighted by molar-refractivity contribution is 5.88. The number of allylic oxidation sites excluding steroid dienone is 2. The van der Waals surface area contributed by atoms with E-state index >= 15 is 0 Å². The smallest absolute Gasteiger partial charge is 0.104 e. The number of unbranched alkanes of at least 4 members (excludes halogenated alkanes) is 1. The summed E-state index contributed by atoms with van der Waals surface area (Å²) in [6.45, 7) is 18.1. The first kappa shape index (κ1) is 23.9. The number of amidine groups is 1. The molecule has 0 bridgehead atoms. The summed E-state index contributed by atoms with van der Waals surface area (Å²) in [5.41, 5.74) is 7.97. The van der Waals surface area contributed by atoms with Crippen molar-refractivity contribution in [1.29, 1.82) is 0 Å². The molecule has 2 aliphatic rings. The topological polar surface area (TPSA) is 20.5 Å². The number of benzene rings is 2. The molecule has 0 radical (unpaired) electrons. The zero-order valence-corrected chi connectivity index (χ0v) is 21.5. The largest absolute Gasteiger partial charge is 0.329 e. The molecular formula is C33H35N3. The van der Waals surface area contributed by atoms with Crippen molar-refractivity contribution in [2.45, 2.75) is 45.7 Å².